The topological polar surface area (TPSA) is 81.0 Å². The van der Waals surface area contributed by atoms with Crippen LogP contribution in [0.2, 0.25) is 4.47 Å². The molecule has 2 N–H and O–H groups in total. The van der Waals surface area contributed by atoms with Gasteiger partial charge in [0.1, 0.15) is 11.9 Å². The van der Waals surface area contributed by atoms with E-state index >= 15 is 0 Å². The van der Waals surface area contributed by atoms with Gasteiger partial charge in [-0.15, -0.1) is 11.3 Å². The van der Waals surface area contributed by atoms with Gasteiger partial charge in [0.2, 0.25) is 0 Å². The van der Waals surface area contributed by atoms with E-state index in [-0.39, 0.29) is 17.5 Å². The highest BCUT2D eigenvalue weighted by atomic mass is 35.5. The van der Waals surface area contributed by atoms with E-state index in [1.165, 1.54) is 11.3 Å². The normalized spacial score (nSPS) is 16.6. The van der Waals surface area contributed by atoms with E-state index in [0.717, 1.165) is 10.4 Å². The molecule has 1 aliphatic rings. The molecule has 0 saturated carbocycles. The first-order valence-corrected chi connectivity index (χ1v) is 9.37. The number of hydrogen-bond donors (Lipinski definition) is 2. The van der Waals surface area contributed by atoms with Gasteiger partial charge in [-0.3, -0.25) is 4.79 Å². The van der Waals surface area contributed by atoms with Crippen molar-refractivity contribution in [3.63, 3.8) is 0 Å². The van der Waals surface area contributed by atoms with Crippen molar-refractivity contribution in [2.45, 2.75) is 19.5 Å². The Balaban J connectivity index is 1.76. The lowest BCUT2D eigenvalue weighted by atomic mass is 10.1. The SMILES string of the molecule is CC(NC(=O)/C(C#N)=C1/NCCN1Cc1cnc(Cl)s1)c1ccccc1. The molecule has 1 aromatic heterocycles. The Kier molecular flexibility index (Phi) is 5.76. The molecule has 0 spiro atoms. The van der Waals surface area contributed by atoms with Gasteiger partial charge >= 0.3 is 0 Å². The molecule has 1 unspecified atom stereocenters. The Morgan fingerprint density at radius 1 is 1.50 bits per heavy atom. The minimum atomic E-state index is -0.388. The predicted molar refractivity (Wildman–Crippen MR) is 101 cm³/mol. The quantitative estimate of drug-likeness (QED) is 0.609. The number of rotatable bonds is 5. The Labute approximate surface area is 161 Å². The van der Waals surface area contributed by atoms with Gasteiger partial charge in [0, 0.05) is 24.2 Å². The monoisotopic (exact) mass is 387 g/mol. The fourth-order valence-electron chi connectivity index (χ4n) is 2.79. The van der Waals surface area contributed by atoms with Gasteiger partial charge in [0.05, 0.1) is 12.6 Å². The summed E-state index contributed by atoms with van der Waals surface area (Å²) in [4.78, 5) is 19.6. The highest BCUT2D eigenvalue weighted by Gasteiger charge is 2.26. The molecule has 1 saturated heterocycles. The number of nitrogens with one attached hydrogen (secondary N) is 2. The zero-order chi connectivity index (χ0) is 18.5. The predicted octanol–water partition coefficient (Wildman–Crippen LogP) is 2.81. The van der Waals surface area contributed by atoms with Crippen molar-refractivity contribution >= 4 is 28.8 Å². The third-order valence-electron chi connectivity index (χ3n) is 4.09. The largest absolute Gasteiger partial charge is 0.369 e. The maximum absolute atomic E-state index is 12.7. The average Bonchev–Trinajstić information content (AvgIpc) is 3.26. The fraction of sp³-hybridized carbons (Fsp3) is 0.278. The number of carbonyl (C=O) groups excluding carboxylic acids is 1. The van der Waals surface area contributed by atoms with Crippen LogP contribution in [0.4, 0.5) is 0 Å². The Bertz CT molecular complexity index is 858. The summed E-state index contributed by atoms with van der Waals surface area (Å²) in [6.07, 6.45) is 1.71. The van der Waals surface area contributed by atoms with Gasteiger partial charge < -0.3 is 15.5 Å². The van der Waals surface area contributed by atoms with Gasteiger partial charge in [0.25, 0.3) is 5.91 Å². The molecule has 6 nitrogen and oxygen atoms in total. The molecule has 0 aliphatic carbocycles. The molecule has 0 radical (unpaired) electrons. The third-order valence-corrected chi connectivity index (χ3v) is 5.18. The average molecular weight is 388 g/mol. The number of benzene rings is 1. The van der Waals surface area contributed by atoms with Crippen molar-refractivity contribution in [1.29, 1.82) is 5.26 Å². The summed E-state index contributed by atoms with van der Waals surface area (Å²) in [6, 6.07) is 11.5. The number of thiazole rings is 1. The number of halogens is 1. The first-order valence-electron chi connectivity index (χ1n) is 8.17. The second-order valence-corrected chi connectivity index (χ2v) is 7.57. The lowest BCUT2D eigenvalue weighted by Gasteiger charge is -2.20. The van der Waals surface area contributed by atoms with E-state index in [1.807, 2.05) is 48.2 Å². The Morgan fingerprint density at radius 2 is 2.27 bits per heavy atom. The van der Waals surface area contributed by atoms with Crippen molar-refractivity contribution in [3.05, 3.63) is 62.8 Å². The van der Waals surface area contributed by atoms with Crippen LogP contribution in [0.25, 0.3) is 0 Å². The van der Waals surface area contributed by atoms with Gasteiger partial charge in [0.15, 0.2) is 10.0 Å². The molecule has 2 heterocycles. The Morgan fingerprint density at radius 3 is 2.92 bits per heavy atom. The van der Waals surface area contributed by atoms with Crippen molar-refractivity contribution < 1.29 is 4.79 Å². The lowest BCUT2D eigenvalue weighted by molar-refractivity contribution is -0.117. The van der Waals surface area contributed by atoms with Crippen LogP contribution >= 0.6 is 22.9 Å². The van der Waals surface area contributed by atoms with Crippen LogP contribution < -0.4 is 10.6 Å². The zero-order valence-corrected chi connectivity index (χ0v) is 15.8. The molecule has 1 atom stereocenters. The summed E-state index contributed by atoms with van der Waals surface area (Å²) < 4.78 is 0.479. The minimum absolute atomic E-state index is 0.0842. The van der Waals surface area contributed by atoms with Gasteiger partial charge in [-0.25, -0.2) is 4.98 Å². The van der Waals surface area contributed by atoms with E-state index in [2.05, 4.69) is 15.6 Å². The van der Waals surface area contributed by atoms with Crippen LogP contribution in [-0.2, 0) is 11.3 Å². The van der Waals surface area contributed by atoms with Crippen LogP contribution in [0, 0.1) is 11.3 Å². The van der Waals surface area contributed by atoms with Gasteiger partial charge in [-0.2, -0.15) is 5.26 Å². The second-order valence-electron chi connectivity index (χ2n) is 5.87. The van der Waals surface area contributed by atoms with Crippen molar-refractivity contribution in [2.75, 3.05) is 13.1 Å². The molecule has 8 heteroatoms. The smallest absolute Gasteiger partial charge is 0.266 e. The molecular weight excluding hydrogens is 370 g/mol. The van der Waals surface area contributed by atoms with Crippen LogP contribution in [0.15, 0.2) is 47.9 Å². The lowest BCUT2D eigenvalue weighted by Crippen LogP contribution is -2.31. The van der Waals surface area contributed by atoms with E-state index < -0.39 is 0 Å². The number of nitrogens with zero attached hydrogens (tertiary/aromatic N) is 3. The summed E-state index contributed by atoms with van der Waals surface area (Å²) >= 11 is 7.27. The van der Waals surface area contributed by atoms with Crippen molar-refractivity contribution in [1.82, 2.24) is 20.5 Å². The molecule has 1 amide bonds. The standard InChI is InChI=1S/C18H18ClN5OS/c1-12(13-5-3-2-4-6-13)23-17(25)15(9-20)16-21-7-8-24(16)11-14-10-22-18(19)26-14/h2-6,10,12,21H,7-8,11H2,1H3,(H,23,25)/b16-15-. The van der Waals surface area contributed by atoms with E-state index in [1.54, 1.807) is 6.20 Å². The maximum atomic E-state index is 12.7. The third kappa shape index (κ3) is 4.15. The molecule has 134 valence electrons. The van der Waals surface area contributed by atoms with Crippen LogP contribution in [0.5, 0.6) is 0 Å². The van der Waals surface area contributed by atoms with Gasteiger partial charge in [-0.05, 0) is 12.5 Å². The van der Waals surface area contributed by atoms with E-state index in [9.17, 15) is 10.1 Å². The summed E-state index contributed by atoms with van der Waals surface area (Å²) in [5.41, 5.74) is 1.07. The fourth-order valence-corrected chi connectivity index (χ4v) is 3.78. The summed E-state index contributed by atoms with van der Waals surface area (Å²) in [5, 5.41) is 15.6. The number of aromatic nitrogens is 1. The maximum Gasteiger partial charge on any atom is 0.266 e. The molecule has 2 aromatic rings. The van der Waals surface area contributed by atoms with Crippen molar-refractivity contribution in [2.24, 2.45) is 0 Å². The highest BCUT2D eigenvalue weighted by Crippen LogP contribution is 2.23. The van der Waals surface area contributed by atoms with Crippen LogP contribution in [0.3, 0.4) is 0 Å². The Hall–Kier alpha value is -2.56. The second kappa shape index (κ2) is 8.21. The number of nitriles is 1. The van der Waals surface area contributed by atoms with E-state index in [4.69, 9.17) is 11.6 Å². The number of carbonyl (C=O) groups is 1. The van der Waals surface area contributed by atoms with Crippen molar-refractivity contribution in [3.8, 4) is 6.07 Å². The minimum Gasteiger partial charge on any atom is -0.369 e. The number of amides is 1. The molecule has 1 aromatic carbocycles. The molecule has 26 heavy (non-hydrogen) atoms. The van der Waals surface area contributed by atoms with Crippen LogP contribution in [0.1, 0.15) is 23.4 Å². The summed E-state index contributed by atoms with van der Waals surface area (Å²) in [6.45, 7) is 3.83. The summed E-state index contributed by atoms with van der Waals surface area (Å²) in [7, 11) is 0. The zero-order valence-electron chi connectivity index (χ0n) is 14.2. The molecule has 1 fully saturated rings. The molecular formula is C18H18ClN5OS. The first-order chi connectivity index (χ1) is 12.6. The number of hydrogen-bond acceptors (Lipinski definition) is 6. The van der Waals surface area contributed by atoms with E-state index in [0.29, 0.717) is 29.9 Å². The molecule has 0 bridgehead atoms. The highest BCUT2D eigenvalue weighted by molar-refractivity contribution is 7.15. The first kappa shape index (κ1) is 18.2. The van der Waals surface area contributed by atoms with Gasteiger partial charge in [-0.1, -0.05) is 41.9 Å². The summed E-state index contributed by atoms with van der Waals surface area (Å²) in [5.74, 6) is 0.162. The molecule has 1 aliphatic heterocycles. The van der Waals surface area contributed by atoms with Crippen LogP contribution in [-0.4, -0.2) is 28.9 Å². The molecule has 3 rings (SSSR count).